The van der Waals surface area contributed by atoms with Gasteiger partial charge in [0.2, 0.25) is 5.91 Å². The van der Waals surface area contributed by atoms with Crippen LogP contribution in [0.15, 0.2) is 0 Å². The van der Waals surface area contributed by atoms with Crippen molar-refractivity contribution in [2.75, 3.05) is 13.1 Å². The Morgan fingerprint density at radius 2 is 2.00 bits per heavy atom. The number of nitrogens with zero attached hydrogens (tertiary/aromatic N) is 2. The maximum Gasteiger partial charge on any atom is 0.222 e. The number of carbonyl (C=O) groups is 1. The van der Waals surface area contributed by atoms with Crippen molar-refractivity contribution < 1.29 is 4.79 Å². The van der Waals surface area contributed by atoms with Gasteiger partial charge < -0.3 is 4.90 Å². The van der Waals surface area contributed by atoms with Crippen LogP contribution in [0, 0.1) is 17.2 Å². The molecule has 0 N–H and O–H groups in total. The Morgan fingerprint density at radius 3 is 2.50 bits per heavy atom. The van der Waals surface area contributed by atoms with E-state index in [1.54, 1.807) is 4.90 Å². The molecule has 0 aliphatic rings. The molecule has 1 unspecified atom stereocenters. The van der Waals surface area contributed by atoms with E-state index in [1.807, 2.05) is 13.8 Å². The topological polar surface area (TPSA) is 44.1 Å². The Labute approximate surface area is 99.4 Å². The quantitative estimate of drug-likeness (QED) is 0.595. The zero-order valence-corrected chi connectivity index (χ0v) is 10.8. The summed E-state index contributed by atoms with van der Waals surface area (Å²) in [7, 11) is 0. The van der Waals surface area contributed by atoms with Gasteiger partial charge in [-0.3, -0.25) is 4.79 Å². The molecule has 16 heavy (non-hydrogen) atoms. The second-order valence-corrected chi connectivity index (χ2v) is 4.27. The van der Waals surface area contributed by atoms with Gasteiger partial charge in [0.25, 0.3) is 0 Å². The zero-order valence-electron chi connectivity index (χ0n) is 10.8. The van der Waals surface area contributed by atoms with E-state index in [-0.39, 0.29) is 11.8 Å². The summed E-state index contributed by atoms with van der Waals surface area (Å²) in [5.41, 5.74) is 0. The molecule has 0 aliphatic heterocycles. The highest BCUT2D eigenvalue weighted by Crippen LogP contribution is 2.07. The maximum absolute atomic E-state index is 11.8. The molecule has 0 saturated heterocycles. The minimum atomic E-state index is -0.0699. The first-order valence-corrected chi connectivity index (χ1v) is 6.33. The SMILES string of the molecule is CCCCCCC(=O)N(CC)CC(C)C#N. The van der Waals surface area contributed by atoms with E-state index in [0.717, 1.165) is 12.8 Å². The van der Waals surface area contributed by atoms with E-state index < -0.39 is 0 Å². The first-order valence-electron chi connectivity index (χ1n) is 6.33. The van der Waals surface area contributed by atoms with Crippen molar-refractivity contribution in [1.29, 1.82) is 5.26 Å². The molecule has 92 valence electrons. The van der Waals surface area contributed by atoms with Crippen molar-refractivity contribution in [2.24, 2.45) is 5.92 Å². The zero-order chi connectivity index (χ0) is 12.4. The van der Waals surface area contributed by atoms with E-state index in [9.17, 15) is 4.79 Å². The summed E-state index contributed by atoms with van der Waals surface area (Å²) in [6, 6.07) is 2.17. The first-order chi connectivity index (χ1) is 7.65. The first kappa shape index (κ1) is 15.0. The molecule has 0 rings (SSSR count). The normalized spacial score (nSPS) is 11.9. The minimum absolute atomic E-state index is 0.0699. The molecule has 0 saturated carbocycles. The van der Waals surface area contributed by atoms with Crippen LogP contribution in [0.2, 0.25) is 0 Å². The second kappa shape index (κ2) is 9.21. The van der Waals surface area contributed by atoms with Gasteiger partial charge in [0.05, 0.1) is 12.0 Å². The number of amides is 1. The average molecular weight is 224 g/mol. The Balaban J connectivity index is 3.88. The van der Waals surface area contributed by atoms with E-state index in [1.165, 1.54) is 12.8 Å². The van der Waals surface area contributed by atoms with Crippen molar-refractivity contribution in [1.82, 2.24) is 4.90 Å². The van der Waals surface area contributed by atoms with Gasteiger partial charge in [0, 0.05) is 19.5 Å². The number of hydrogen-bond acceptors (Lipinski definition) is 2. The molecule has 0 fully saturated rings. The molecule has 0 aromatic carbocycles. The van der Waals surface area contributed by atoms with Crippen molar-refractivity contribution in [2.45, 2.75) is 52.9 Å². The second-order valence-electron chi connectivity index (χ2n) is 4.27. The monoisotopic (exact) mass is 224 g/mol. The van der Waals surface area contributed by atoms with Crippen LogP contribution >= 0.6 is 0 Å². The number of carbonyl (C=O) groups excluding carboxylic acids is 1. The fraction of sp³-hybridized carbons (Fsp3) is 0.846. The molecule has 1 atom stereocenters. The molecule has 3 nitrogen and oxygen atoms in total. The largest absolute Gasteiger partial charge is 0.342 e. The molecule has 1 amide bonds. The summed E-state index contributed by atoms with van der Waals surface area (Å²) in [5, 5.41) is 8.72. The highest BCUT2D eigenvalue weighted by molar-refractivity contribution is 5.76. The van der Waals surface area contributed by atoms with Gasteiger partial charge in [-0.05, 0) is 20.3 Å². The van der Waals surface area contributed by atoms with E-state index in [0.29, 0.717) is 19.5 Å². The average Bonchev–Trinajstić information content (AvgIpc) is 2.30. The predicted molar refractivity (Wildman–Crippen MR) is 65.8 cm³/mol. The highest BCUT2D eigenvalue weighted by atomic mass is 16.2. The summed E-state index contributed by atoms with van der Waals surface area (Å²) < 4.78 is 0. The summed E-state index contributed by atoms with van der Waals surface area (Å²) in [6.07, 6.45) is 5.13. The van der Waals surface area contributed by atoms with Gasteiger partial charge in [-0.1, -0.05) is 26.2 Å². The molecule has 0 spiro atoms. The standard InChI is InChI=1S/C13H24N2O/c1-4-6-7-8-9-13(16)15(5-2)11-12(3)10-14/h12H,4-9,11H2,1-3H3. The van der Waals surface area contributed by atoms with Gasteiger partial charge in [0.1, 0.15) is 0 Å². The van der Waals surface area contributed by atoms with Crippen molar-refractivity contribution >= 4 is 5.91 Å². The van der Waals surface area contributed by atoms with Crippen LogP contribution in [-0.4, -0.2) is 23.9 Å². The Kier molecular flexibility index (Phi) is 8.61. The molecule has 0 aromatic heterocycles. The van der Waals surface area contributed by atoms with Crippen molar-refractivity contribution in [3.05, 3.63) is 0 Å². The van der Waals surface area contributed by atoms with Crippen LogP contribution in [0.4, 0.5) is 0 Å². The third-order valence-electron chi connectivity index (χ3n) is 2.69. The van der Waals surface area contributed by atoms with Gasteiger partial charge in [-0.2, -0.15) is 5.26 Å². The smallest absolute Gasteiger partial charge is 0.222 e. The lowest BCUT2D eigenvalue weighted by molar-refractivity contribution is -0.131. The molecular formula is C13H24N2O. The van der Waals surface area contributed by atoms with Crippen LogP contribution in [0.5, 0.6) is 0 Å². The third kappa shape index (κ3) is 6.44. The summed E-state index contributed by atoms with van der Waals surface area (Å²) >= 11 is 0. The summed E-state index contributed by atoms with van der Waals surface area (Å²) in [5.74, 6) is 0.125. The Morgan fingerprint density at radius 1 is 1.31 bits per heavy atom. The van der Waals surface area contributed by atoms with Crippen LogP contribution in [-0.2, 0) is 4.79 Å². The van der Waals surface area contributed by atoms with Gasteiger partial charge in [-0.25, -0.2) is 0 Å². The minimum Gasteiger partial charge on any atom is -0.342 e. The lowest BCUT2D eigenvalue weighted by Crippen LogP contribution is -2.34. The van der Waals surface area contributed by atoms with E-state index >= 15 is 0 Å². The van der Waals surface area contributed by atoms with Crippen LogP contribution < -0.4 is 0 Å². The molecular weight excluding hydrogens is 200 g/mol. The van der Waals surface area contributed by atoms with Gasteiger partial charge >= 0.3 is 0 Å². The molecule has 0 radical (unpaired) electrons. The molecule has 0 bridgehead atoms. The van der Waals surface area contributed by atoms with Crippen molar-refractivity contribution in [3.8, 4) is 6.07 Å². The van der Waals surface area contributed by atoms with Crippen LogP contribution in [0.1, 0.15) is 52.9 Å². The summed E-state index contributed by atoms with van der Waals surface area (Å²) in [4.78, 5) is 13.6. The van der Waals surface area contributed by atoms with Gasteiger partial charge in [0.15, 0.2) is 0 Å². The molecule has 3 heteroatoms. The Hall–Kier alpha value is -1.04. The van der Waals surface area contributed by atoms with Crippen LogP contribution in [0.3, 0.4) is 0 Å². The van der Waals surface area contributed by atoms with Crippen molar-refractivity contribution in [3.63, 3.8) is 0 Å². The Bertz CT molecular complexity index is 233. The van der Waals surface area contributed by atoms with E-state index in [2.05, 4.69) is 13.0 Å². The lowest BCUT2D eigenvalue weighted by atomic mass is 10.1. The number of unbranched alkanes of at least 4 members (excludes halogenated alkanes) is 3. The fourth-order valence-corrected chi connectivity index (χ4v) is 1.64. The van der Waals surface area contributed by atoms with E-state index in [4.69, 9.17) is 5.26 Å². The highest BCUT2D eigenvalue weighted by Gasteiger charge is 2.13. The summed E-state index contributed by atoms with van der Waals surface area (Å²) in [6.45, 7) is 7.26. The molecule has 0 heterocycles. The number of nitriles is 1. The molecule has 0 aromatic rings. The maximum atomic E-state index is 11.8. The molecule has 0 aliphatic carbocycles. The predicted octanol–water partition coefficient (Wildman–Crippen LogP) is 2.96. The number of hydrogen-bond donors (Lipinski definition) is 0. The lowest BCUT2D eigenvalue weighted by Gasteiger charge is -2.21. The fourth-order valence-electron chi connectivity index (χ4n) is 1.64. The number of rotatable bonds is 8. The third-order valence-corrected chi connectivity index (χ3v) is 2.69. The van der Waals surface area contributed by atoms with Crippen LogP contribution in [0.25, 0.3) is 0 Å². The van der Waals surface area contributed by atoms with Gasteiger partial charge in [-0.15, -0.1) is 0 Å².